The van der Waals surface area contributed by atoms with Crippen LogP contribution in [-0.2, 0) is 5.60 Å². The molecule has 3 heteroatoms. The van der Waals surface area contributed by atoms with E-state index < -0.39 is 5.60 Å². The van der Waals surface area contributed by atoms with Crippen LogP contribution >= 0.6 is 0 Å². The van der Waals surface area contributed by atoms with Crippen LogP contribution in [0.2, 0.25) is 0 Å². The predicted molar refractivity (Wildman–Crippen MR) is 68.8 cm³/mol. The third kappa shape index (κ3) is 2.24. The van der Waals surface area contributed by atoms with E-state index in [1.54, 1.807) is 37.5 Å². The number of aliphatic hydroxyl groups is 1. The first-order chi connectivity index (χ1) is 8.54. The van der Waals surface area contributed by atoms with Gasteiger partial charge in [-0.25, -0.2) is 0 Å². The van der Waals surface area contributed by atoms with Crippen LogP contribution in [0.15, 0.2) is 42.7 Å². The Morgan fingerprint density at radius 2 is 2.00 bits per heavy atom. The molecule has 18 heavy (non-hydrogen) atoms. The number of aryl methyl sites for hydroxylation is 1. The maximum Gasteiger partial charge on any atom is 0.113 e. The first kappa shape index (κ1) is 12.3. The van der Waals surface area contributed by atoms with Crippen molar-refractivity contribution in [2.45, 2.75) is 19.4 Å². The molecule has 1 N–H and O–H groups in total. The molecular formula is C15H14N2O. The smallest absolute Gasteiger partial charge is 0.113 e. The van der Waals surface area contributed by atoms with Crippen molar-refractivity contribution in [3.05, 3.63) is 65.0 Å². The molecule has 1 aromatic carbocycles. The van der Waals surface area contributed by atoms with Crippen LogP contribution in [0.25, 0.3) is 0 Å². The first-order valence-electron chi connectivity index (χ1n) is 5.69. The lowest BCUT2D eigenvalue weighted by atomic mass is 9.88. The summed E-state index contributed by atoms with van der Waals surface area (Å²) in [5.41, 5.74) is 1.79. The molecule has 0 spiro atoms. The molecule has 0 aliphatic carbocycles. The third-order valence-electron chi connectivity index (χ3n) is 2.99. The average molecular weight is 238 g/mol. The molecule has 1 aromatic heterocycles. The Morgan fingerprint density at radius 1 is 1.22 bits per heavy atom. The zero-order chi connectivity index (χ0) is 13.2. The number of aromatic nitrogens is 1. The molecule has 2 aromatic rings. The maximum absolute atomic E-state index is 10.7. The Kier molecular flexibility index (Phi) is 3.14. The lowest BCUT2D eigenvalue weighted by molar-refractivity contribution is 0.102. The van der Waals surface area contributed by atoms with Crippen LogP contribution in [0.1, 0.15) is 29.2 Å². The van der Waals surface area contributed by atoms with Crippen LogP contribution in [0.4, 0.5) is 0 Å². The van der Waals surface area contributed by atoms with Crippen molar-refractivity contribution in [2.24, 2.45) is 0 Å². The first-order valence-corrected chi connectivity index (χ1v) is 5.69. The molecule has 1 atom stereocenters. The summed E-state index contributed by atoms with van der Waals surface area (Å²) in [6.45, 7) is 3.64. The van der Waals surface area contributed by atoms with E-state index in [1.807, 2.05) is 19.1 Å². The second kappa shape index (κ2) is 4.59. The van der Waals surface area contributed by atoms with Crippen molar-refractivity contribution < 1.29 is 5.11 Å². The Labute approximate surface area is 106 Å². The lowest BCUT2D eigenvalue weighted by Gasteiger charge is -2.24. The Balaban J connectivity index is 2.50. The van der Waals surface area contributed by atoms with Crippen LogP contribution < -0.4 is 0 Å². The zero-order valence-corrected chi connectivity index (χ0v) is 10.4. The van der Waals surface area contributed by atoms with Crippen molar-refractivity contribution >= 4 is 0 Å². The van der Waals surface area contributed by atoms with Crippen molar-refractivity contribution in [1.82, 2.24) is 4.98 Å². The fraction of sp³-hybridized carbons (Fsp3) is 0.200. The van der Waals surface area contributed by atoms with Crippen LogP contribution in [0.3, 0.4) is 0 Å². The molecule has 0 fully saturated rings. The molecule has 0 aliphatic rings. The minimum Gasteiger partial charge on any atom is -0.381 e. The quantitative estimate of drug-likeness (QED) is 0.874. The van der Waals surface area contributed by atoms with Gasteiger partial charge in [-0.15, -0.1) is 0 Å². The number of hydrogen-bond donors (Lipinski definition) is 1. The van der Waals surface area contributed by atoms with E-state index in [0.717, 1.165) is 11.1 Å². The molecular weight excluding hydrogens is 224 g/mol. The normalized spacial score (nSPS) is 13.7. The van der Waals surface area contributed by atoms with Crippen LogP contribution in [-0.4, -0.2) is 10.1 Å². The Morgan fingerprint density at radius 3 is 2.67 bits per heavy atom. The number of benzene rings is 1. The second-order valence-electron chi connectivity index (χ2n) is 4.52. The minimum atomic E-state index is -1.15. The van der Waals surface area contributed by atoms with E-state index in [9.17, 15) is 5.11 Å². The summed E-state index contributed by atoms with van der Waals surface area (Å²) in [5, 5.41) is 19.6. The lowest BCUT2D eigenvalue weighted by Crippen LogP contribution is -2.23. The number of nitriles is 1. The van der Waals surface area contributed by atoms with E-state index in [4.69, 9.17) is 5.26 Å². The molecule has 1 unspecified atom stereocenters. The van der Waals surface area contributed by atoms with E-state index >= 15 is 0 Å². The molecule has 0 aliphatic heterocycles. The molecule has 3 nitrogen and oxygen atoms in total. The molecule has 0 bridgehead atoms. The molecule has 0 saturated carbocycles. The highest BCUT2D eigenvalue weighted by molar-refractivity contribution is 5.40. The van der Waals surface area contributed by atoms with Gasteiger partial charge < -0.3 is 5.11 Å². The van der Waals surface area contributed by atoms with Gasteiger partial charge in [0.15, 0.2) is 0 Å². The summed E-state index contributed by atoms with van der Waals surface area (Å²) in [5.74, 6) is 0. The summed E-state index contributed by atoms with van der Waals surface area (Å²) in [4.78, 5) is 4.09. The van der Waals surface area contributed by atoms with Crippen molar-refractivity contribution in [3.63, 3.8) is 0 Å². The minimum absolute atomic E-state index is 0.536. The Hall–Kier alpha value is -2.18. The zero-order valence-electron chi connectivity index (χ0n) is 10.4. The van der Waals surface area contributed by atoms with E-state index in [1.165, 1.54) is 0 Å². The monoisotopic (exact) mass is 238 g/mol. The van der Waals surface area contributed by atoms with Gasteiger partial charge in [0.1, 0.15) is 5.60 Å². The number of nitrogens with zero attached hydrogens (tertiary/aromatic N) is 2. The maximum atomic E-state index is 10.7. The summed E-state index contributed by atoms with van der Waals surface area (Å²) >= 11 is 0. The van der Waals surface area contributed by atoms with Crippen LogP contribution in [0, 0.1) is 18.3 Å². The molecule has 0 amide bonds. The van der Waals surface area contributed by atoms with Crippen molar-refractivity contribution in [2.75, 3.05) is 0 Å². The van der Waals surface area contributed by atoms with Gasteiger partial charge in [0.05, 0.1) is 11.6 Å². The molecule has 1 heterocycles. The summed E-state index contributed by atoms with van der Waals surface area (Å²) in [6, 6.07) is 11.0. The van der Waals surface area contributed by atoms with Gasteiger partial charge in [-0.05, 0) is 43.2 Å². The predicted octanol–water partition coefficient (Wildman–Crippen LogP) is 2.52. The number of pyridine rings is 1. The second-order valence-corrected chi connectivity index (χ2v) is 4.52. The molecule has 90 valence electrons. The SMILES string of the molecule is Cc1cncc(C(C)(O)c2cccc(C#N)c2)c1. The Bertz CT molecular complexity index is 612. The van der Waals surface area contributed by atoms with Gasteiger partial charge in [0, 0.05) is 18.0 Å². The standard InChI is InChI=1S/C15H14N2O/c1-11-6-14(10-17-9-11)15(2,18)13-5-3-4-12(7-13)8-16/h3-7,9-10,18H,1-2H3. The third-order valence-corrected chi connectivity index (χ3v) is 2.99. The number of rotatable bonds is 2. The van der Waals surface area contributed by atoms with Crippen molar-refractivity contribution in [3.8, 4) is 6.07 Å². The highest BCUT2D eigenvalue weighted by Gasteiger charge is 2.26. The highest BCUT2D eigenvalue weighted by atomic mass is 16.3. The highest BCUT2D eigenvalue weighted by Crippen LogP contribution is 2.29. The summed E-state index contributed by atoms with van der Waals surface area (Å²) in [7, 11) is 0. The van der Waals surface area contributed by atoms with Gasteiger partial charge in [0.25, 0.3) is 0 Å². The van der Waals surface area contributed by atoms with Gasteiger partial charge >= 0.3 is 0 Å². The van der Waals surface area contributed by atoms with E-state index in [-0.39, 0.29) is 0 Å². The van der Waals surface area contributed by atoms with E-state index in [0.29, 0.717) is 11.1 Å². The van der Waals surface area contributed by atoms with Crippen LogP contribution in [0.5, 0.6) is 0 Å². The summed E-state index contributed by atoms with van der Waals surface area (Å²) in [6.07, 6.45) is 3.39. The molecule has 0 radical (unpaired) electrons. The fourth-order valence-electron chi connectivity index (χ4n) is 1.88. The average Bonchev–Trinajstić information content (AvgIpc) is 2.39. The largest absolute Gasteiger partial charge is 0.381 e. The van der Waals surface area contributed by atoms with Gasteiger partial charge in [0.2, 0.25) is 0 Å². The molecule has 0 saturated heterocycles. The fourth-order valence-corrected chi connectivity index (χ4v) is 1.88. The molecule has 2 rings (SSSR count). The van der Waals surface area contributed by atoms with Gasteiger partial charge in [-0.3, -0.25) is 4.98 Å². The van der Waals surface area contributed by atoms with Gasteiger partial charge in [-0.2, -0.15) is 5.26 Å². The number of hydrogen-bond acceptors (Lipinski definition) is 3. The van der Waals surface area contributed by atoms with Gasteiger partial charge in [-0.1, -0.05) is 12.1 Å². The van der Waals surface area contributed by atoms with E-state index in [2.05, 4.69) is 11.1 Å². The van der Waals surface area contributed by atoms with Crippen molar-refractivity contribution in [1.29, 1.82) is 5.26 Å². The summed E-state index contributed by atoms with van der Waals surface area (Å²) < 4.78 is 0. The topological polar surface area (TPSA) is 56.9 Å².